The highest BCUT2D eigenvalue weighted by Crippen LogP contribution is 2.11. The molecule has 0 aliphatic rings. The van der Waals surface area contributed by atoms with E-state index < -0.39 is 35.1 Å². The summed E-state index contributed by atoms with van der Waals surface area (Å²) in [4.78, 5) is 0. The summed E-state index contributed by atoms with van der Waals surface area (Å²) in [6, 6.07) is 0. The predicted octanol–water partition coefficient (Wildman–Crippen LogP) is -2.82. The van der Waals surface area contributed by atoms with Gasteiger partial charge in [-0.05, 0) is 22.6 Å². The van der Waals surface area contributed by atoms with Crippen LogP contribution in [-0.2, 0) is 0 Å². The summed E-state index contributed by atoms with van der Waals surface area (Å²) in [5.41, 5.74) is 0. The van der Waals surface area contributed by atoms with Gasteiger partial charge >= 0.3 is 0 Å². The molecule has 0 aromatic carbocycles. The van der Waals surface area contributed by atoms with Gasteiger partial charge in [0.25, 0.3) is 0 Å². The Morgan fingerprint density at radius 2 is 1.31 bits per heavy atom. The number of halogens is 1. The van der Waals surface area contributed by atoms with Crippen molar-refractivity contribution in [3.63, 3.8) is 0 Å². The van der Waals surface area contributed by atoms with Crippen LogP contribution in [0, 0.1) is 0 Å². The largest absolute Gasteiger partial charge is 0.394 e. The summed E-state index contributed by atoms with van der Waals surface area (Å²) >= 11 is 1.44. The second kappa shape index (κ2) is 6.06. The molecule has 0 spiro atoms. The first-order valence-electron chi connectivity index (χ1n) is 3.57. The molecule has 0 radical (unpaired) electrons. The fourth-order valence-corrected chi connectivity index (χ4v) is 1.13. The zero-order chi connectivity index (χ0) is 10.6. The Kier molecular flexibility index (Phi) is 6.29. The first-order chi connectivity index (χ1) is 5.91. The van der Waals surface area contributed by atoms with Crippen LogP contribution in [-0.4, -0.2) is 65.8 Å². The highest BCUT2D eigenvalue weighted by Gasteiger charge is 2.32. The van der Waals surface area contributed by atoms with Gasteiger partial charge in [-0.3, -0.25) is 0 Å². The Morgan fingerprint density at radius 3 is 1.62 bits per heavy atom. The van der Waals surface area contributed by atoms with Crippen LogP contribution >= 0.6 is 22.6 Å². The van der Waals surface area contributed by atoms with E-state index in [1.54, 1.807) is 0 Å². The summed E-state index contributed by atoms with van der Waals surface area (Å²) < 4.78 is -1.26. The maximum absolute atomic E-state index is 9.12. The number of hydrogen-bond acceptors (Lipinski definition) is 6. The number of hydrogen-bond donors (Lipinski definition) is 6. The summed E-state index contributed by atoms with van der Waals surface area (Å²) in [7, 11) is 0. The molecular formula is C6H13IO6. The highest BCUT2D eigenvalue weighted by atomic mass is 127. The Morgan fingerprint density at radius 1 is 0.846 bits per heavy atom. The van der Waals surface area contributed by atoms with Crippen LogP contribution in [0.3, 0.4) is 0 Å². The van der Waals surface area contributed by atoms with E-state index in [4.69, 9.17) is 30.6 Å². The molecule has 13 heavy (non-hydrogen) atoms. The maximum Gasteiger partial charge on any atom is 0.133 e. The second-order valence-corrected chi connectivity index (χ2v) is 3.87. The lowest BCUT2D eigenvalue weighted by Gasteiger charge is -2.26. The van der Waals surface area contributed by atoms with E-state index in [1.165, 1.54) is 22.6 Å². The van der Waals surface area contributed by atoms with E-state index in [0.717, 1.165) is 0 Å². The molecule has 0 aliphatic carbocycles. The summed E-state index contributed by atoms with van der Waals surface area (Å²) in [6.45, 7) is -0.734. The van der Waals surface area contributed by atoms with Crippen LogP contribution in [0.4, 0.5) is 0 Å². The van der Waals surface area contributed by atoms with Crippen LogP contribution in [0.15, 0.2) is 0 Å². The average molecular weight is 308 g/mol. The Bertz CT molecular complexity index is 143. The molecule has 0 saturated heterocycles. The molecule has 0 amide bonds. The molecule has 0 saturated carbocycles. The third kappa shape index (κ3) is 4.02. The topological polar surface area (TPSA) is 121 Å². The lowest BCUT2D eigenvalue weighted by molar-refractivity contribution is -0.125. The molecule has 7 heteroatoms. The van der Waals surface area contributed by atoms with Crippen LogP contribution in [0.25, 0.3) is 0 Å². The van der Waals surface area contributed by atoms with Gasteiger partial charge in [0.15, 0.2) is 0 Å². The molecule has 0 fully saturated rings. The van der Waals surface area contributed by atoms with Gasteiger partial charge in [-0.15, -0.1) is 0 Å². The quantitative estimate of drug-likeness (QED) is 0.241. The van der Waals surface area contributed by atoms with Gasteiger partial charge in [0.05, 0.1) is 6.61 Å². The number of rotatable bonds is 5. The molecule has 6 nitrogen and oxygen atoms in total. The molecule has 0 heterocycles. The van der Waals surface area contributed by atoms with E-state index in [2.05, 4.69) is 0 Å². The monoisotopic (exact) mass is 308 g/mol. The third-order valence-corrected chi connectivity index (χ3v) is 2.30. The molecule has 0 bridgehead atoms. The van der Waals surface area contributed by atoms with Gasteiger partial charge in [-0.25, -0.2) is 0 Å². The van der Waals surface area contributed by atoms with Gasteiger partial charge in [-0.2, -0.15) is 0 Å². The Labute approximate surface area is 88.6 Å². The standard InChI is InChI=1S/C6H13IO6/c7-6(13)5(12)4(11)3(10)2(9)1-8/h2-6,8-13H,1H2/t2-,3+,4+,5+,6?/m0/s1. The van der Waals surface area contributed by atoms with Gasteiger partial charge in [0.2, 0.25) is 0 Å². The molecule has 0 aromatic rings. The zero-order valence-corrected chi connectivity index (χ0v) is 8.81. The minimum atomic E-state index is -1.70. The van der Waals surface area contributed by atoms with Gasteiger partial charge in [0, 0.05) is 0 Å². The van der Waals surface area contributed by atoms with E-state index >= 15 is 0 Å². The van der Waals surface area contributed by atoms with Gasteiger partial charge in [-0.1, -0.05) is 0 Å². The first-order valence-corrected chi connectivity index (χ1v) is 4.81. The molecule has 80 valence electrons. The average Bonchev–Trinajstić information content (AvgIpc) is 2.12. The van der Waals surface area contributed by atoms with Crippen molar-refractivity contribution in [2.45, 2.75) is 28.5 Å². The van der Waals surface area contributed by atoms with Crippen molar-refractivity contribution >= 4 is 22.6 Å². The minimum Gasteiger partial charge on any atom is -0.394 e. The fourth-order valence-electron chi connectivity index (χ4n) is 0.700. The van der Waals surface area contributed by atoms with E-state index in [1.807, 2.05) is 0 Å². The summed E-state index contributed by atoms with van der Waals surface area (Å²) in [5.74, 6) is 0. The van der Waals surface area contributed by atoms with Crippen molar-refractivity contribution in [3.05, 3.63) is 0 Å². The number of aliphatic hydroxyl groups excluding tert-OH is 6. The SMILES string of the molecule is OC[C@H](O)[C@@H](O)[C@@H](O)[C@@H](O)C(O)I. The predicted molar refractivity (Wildman–Crippen MR) is 51.1 cm³/mol. The summed E-state index contributed by atoms with van der Waals surface area (Å²) in [6.07, 6.45) is -6.50. The Hall–Kier alpha value is 0.490. The van der Waals surface area contributed by atoms with E-state index in [-0.39, 0.29) is 0 Å². The Balaban J connectivity index is 4.15. The number of alkyl halides is 1. The molecule has 1 unspecified atom stereocenters. The van der Waals surface area contributed by atoms with Crippen LogP contribution in [0.1, 0.15) is 0 Å². The van der Waals surface area contributed by atoms with Crippen molar-refractivity contribution in [1.82, 2.24) is 0 Å². The molecule has 0 aromatic heterocycles. The van der Waals surface area contributed by atoms with Crippen molar-refractivity contribution in [1.29, 1.82) is 0 Å². The number of aliphatic hydroxyl groups is 6. The van der Waals surface area contributed by atoms with Crippen LogP contribution < -0.4 is 0 Å². The molecule has 6 N–H and O–H groups in total. The summed E-state index contributed by atoms with van der Waals surface area (Å²) in [5, 5.41) is 53.3. The van der Waals surface area contributed by atoms with Gasteiger partial charge in [0.1, 0.15) is 28.5 Å². The minimum absolute atomic E-state index is 0.734. The molecule has 5 atom stereocenters. The lowest BCUT2D eigenvalue weighted by atomic mass is 10.0. The normalized spacial score (nSPS) is 23.3. The van der Waals surface area contributed by atoms with Crippen LogP contribution in [0.5, 0.6) is 0 Å². The van der Waals surface area contributed by atoms with Crippen molar-refractivity contribution < 1.29 is 30.6 Å². The maximum atomic E-state index is 9.12. The van der Waals surface area contributed by atoms with Gasteiger partial charge < -0.3 is 30.6 Å². The van der Waals surface area contributed by atoms with Crippen molar-refractivity contribution in [3.8, 4) is 0 Å². The van der Waals surface area contributed by atoms with E-state index in [0.29, 0.717) is 0 Å². The van der Waals surface area contributed by atoms with E-state index in [9.17, 15) is 0 Å². The third-order valence-electron chi connectivity index (χ3n) is 1.56. The van der Waals surface area contributed by atoms with Crippen LogP contribution in [0.2, 0.25) is 0 Å². The lowest BCUT2D eigenvalue weighted by Crippen LogP contribution is -2.48. The second-order valence-electron chi connectivity index (χ2n) is 2.59. The molecule has 0 rings (SSSR count). The first kappa shape index (κ1) is 13.5. The zero-order valence-electron chi connectivity index (χ0n) is 6.66. The van der Waals surface area contributed by atoms with Crippen molar-refractivity contribution in [2.24, 2.45) is 0 Å². The molecule has 0 aliphatic heterocycles. The molecular weight excluding hydrogens is 295 g/mol. The fraction of sp³-hybridized carbons (Fsp3) is 1.00. The highest BCUT2D eigenvalue weighted by molar-refractivity contribution is 14.1. The smallest absolute Gasteiger partial charge is 0.133 e. The van der Waals surface area contributed by atoms with Crippen molar-refractivity contribution in [2.75, 3.05) is 6.61 Å².